The van der Waals surface area contributed by atoms with Crippen molar-refractivity contribution in [2.75, 3.05) is 6.61 Å². The average Bonchev–Trinajstić information content (AvgIpc) is 2.20. The van der Waals surface area contributed by atoms with E-state index in [9.17, 15) is 18.0 Å². The van der Waals surface area contributed by atoms with Crippen molar-refractivity contribution in [2.24, 2.45) is 5.92 Å². The molecule has 0 unspecified atom stereocenters. The molecule has 6 heteroatoms. The molecule has 0 spiro atoms. The average molecular weight is 239 g/mol. The number of nitrogens with one attached hydrogen (secondary N) is 1. The summed E-state index contributed by atoms with van der Waals surface area (Å²) in [5.41, 5.74) is -1.08. The third-order valence-corrected chi connectivity index (χ3v) is 3.17. The highest BCUT2D eigenvalue weighted by Gasteiger charge is 2.44. The Bertz CT molecular complexity index is 257. The van der Waals surface area contributed by atoms with Crippen LogP contribution in [0.1, 0.15) is 32.6 Å². The molecule has 3 nitrogen and oxygen atoms in total. The van der Waals surface area contributed by atoms with Gasteiger partial charge in [0.15, 0.2) is 0 Å². The highest BCUT2D eigenvalue weighted by atomic mass is 19.4. The summed E-state index contributed by atoms with van der Waals surface area (Å²) in [6, 6.07) is 0. The normalized spacial score (nSPS) is 31.2. The van der Waals surface area contributed by atoms with E-state index >= 15 is 0 Å². The third-order valence-electron chi connectivity index (χ3n) is 3.17. The van der Waals surface area contributed by atoms with Crippen LogP contribution >= 0.6 is 0 Å². The van der Waals surface area contributed by atoms with Gasteiger partial charge >= 0.3 is 12.1 Å². The van der Waals surface area contributed by atoms with Gasteiger partial charge in [0.2, 0.25) is 0 Å². The molecule has 1 fully saturated rings. The summed E-state index contributed by atoms with van der Waals surface area (Å²) in [5, 5.41) is 11.1. The lowest BCUT2D eigenvalue weighted by Crippen LogP contribution is -2.56. The van der Waals surface area contributed by atoms with Crippen molar-refractivity contribution in [3.63, 3.8) is 0 Å². The van der Waals surface area contributed by atoms with Crippen LogP contribution in [0.25, 0.3) is 0 Å². The summed E-state index contributed by atoms with van der Waals surface area (Å²) in [6.07, 6.45) is -2.65. The number of hydrogen-bond acceptors (Lipinski definition) is 2. The molecule has 2 N–H and O–H groups in total. The van der Waals surface area contributed by atoms with E-state index in [0.717, 1.165) is 12.8 Å². The molecule has 0 bridgehead atoms. The fraction of sp³-hybridized carbons (Fsp3) is 0.900. The topological polar surface area (TPSA) is 49.3 Å². The van der Waals surface area contributed by atoms with Crippen LogP contribution in [0.4, 0.5) is 13.2 Å². The predicted octanol–water partition coefficient (Wildman–Crippen LogP) is 1.61. The molecular formula is C10H16F3NO2. The van der Waals surface area contributed by atoms with E-state index in [-0.39, 0.29) is 0 Å². The van der Waals surface area contributed by atoms with Crippen LogP contribution in [-0.4, -0.2) is 29.3 Å². The number of hydrogen-bond donors (Lipinski definition) is 2. The van der Waals surface area contributed by atoms with Crippen LogP contribution in [-0.2, 0) is 4.79 Å². The first-order chi connectivity index (χ1) is 7.29. The summed E-state index contributed by atoms with van der Waals surface area (Å²) in [5.74, 6) is -1.53. The summed E-state index contributed by atoms with van der Waals surface area (Å²) >= 11 is 0. The standard InChI is InChI=1S/C10H16F3NO2/c1-7-2-4-9(6-15,5-3-7)14-8(16)10(11,12)13/h7,15H,2-6H2,1H3,(H,14,16). The maximum absolute atomic E-state index is 12.1. The van der Waals surface area contributed by atoms with Crippen molar-refractivity contribution in [1.29, 1.82) is 0 Å². The first-order valence-corrected chi connectivity index (χ1v) is 5.29. The van der Waals surface area contributed by atoms with Gasteiger partial charge in [0.1, 0.15) is 0 Å². The lowest BCUT2D eigenvalue weighted by atomic mass is 9.77. The van der Waals surface area contributed by atoms with Crippen molar-refractivity contribution in [1.82, 2.24) is 5.32 Å². The van der Waals surface area contributed by atoms with E-state index < -0.39 is 24.2 Å². The largest absolute Gasteiger partial charge is 0.471 e. The van der Waals surface area contributed by atoms with Gasteiger partial charge in [0.25, 0.3) is 0 Å². The molecular weight excluding hydrogens is 223 g/mol. The molecule has 0 saturated heterocycles. The van der Waals surface area contributed by atoms with E-state index in [1.807, 2.05) is 12.2 Å². The van der Waals surface area contributed by atoms with Crippen LogP contribution in [0.5, 0.6) is 0 Å². The minimum atomic E-state index is -4.88. The van der Waals surface area contributed by atoms with Crippen LogP contribution in [0.15, 0.2) is 0 Å². The molecule has 16 heavy (non-hydrogen) atoms. The number of halogens is 3. The maximum Gasteiger partial charge on any atom is 0.471 e. The zero-order valence-electron chi connectivity index (χ0n) is 9.10. The molecule has 1 saturated carbocycles. The predicted molar refractivity (Wildman–Crippen MR) is 51.6 cm³/mol. The van der Waals surface area contributed by atoms with Gasteiger partial charge in [-0.15, -0.1) is 0 Å². The first-order valence-electron chi connectivity index (χ1n) is 5.29. The third kappa shape index (κ3) is 3.10. The molecule has 0 radical (unpaired) electrons. The molecule has 0 aromatic carbocycles. The maximum atomic E-state index is 12.1. The van der Waals surface area contributed by atoms with Gasteiger partial charge in [-0.25, -0.2) is 0 Å². The van der Waals surface area contributed by atoms with Crippen LogP contribution < -0.4 is 5.32 Å². The Morgan fingerprint density at radius 1 is 1.44 bits per heavy atom. The van der Waals surface area contributed by atoms with Gasteiger partial charge in [0, 0.05) is 0 Å². The minimum Gasteiger partial charge on any atom is -0.394 e. The zero-order valence-corrected chi connectivity index (χ0v) is 9.10. The summed E-state index contributed by atoms with van der Waals surface area (Å²) in [6.45, 7) is 1.56. The first kappa shape index (κ1) is 13.3. The quantitative estimate of drug-likeness (QED) is 0.769. The van der Waals surface area contributed by atoms with Gasteiger partial charge < -0.3 is 10.4 Å². The number of carbonyl (C=O) groups excluding carboxylic acids is 1. The van der Waals surface area contributed by atoms with E-state index in [0.29, 0.717) is 18.8 Å². The second kappa shape index (κ2) is 4.61. The van der Waals surface area contributed by atoms with E-state index in [1.54, 1.807) is 0 Å². The Labute approximate surface area is 92.0 Å². The molecule has 0 heterocycles. The van der Waals surface area contributed by atoms with Gasteiger partial charge in [-0.05, 0) is 31.6 Å². The van der Waals surface area contributed by atoms with Crippen LogP contribution in [0, 0.1) is 5.92 Å². The van der Waals surface area contributed by atoms with Gasteiger partial charge in [-0.1, -0.05) is 6.92 Å². The fourth-order valence-corrected chi connectivity index (χ4v) is 1.95. The zero-order chi connectivity index (χ0) is 12.4. The fourth-order valence-electron chi connectivity index (χ4n) is 1.95. The monoisotopic (exact) mass is 239 g/mol. The highest BCUT2D eigenvalue weighted by Crippen LogP contribution is 2.32. The van der Waals surface area contributed by atoms with Crippen LogP contribution in [0.3, 0.4) is 0 Å². The number of aliphatic hydroxyl groups is 1. The summed E-state index contributed by atoms with van der Waals surface area (Å²) in [7, 11) is 0. The number of rotatable bonds is 2. The van der Waals surface area contributed by atoms with Crippen molar-refractivity contribution in [3.05, 3.63) is 0 Å². The molecule has 0 aromatic heterocycles. The molecule has 1 aliphatic carbocycles. The summed E-state index contributed by atoms with van der Waals surface area (Å²) < 4.78 is 36.3. The number of amides is 1. The summed E-state index contributed by atoms with van der Waals surface area (Å²) in [4.78, 5) is 10.8. The van der Waals surface area contributed by atoms with Crippen molar-refractivity contribution in [3.8, 4) is 0 Å². The Balaban J connectivity index is 2.65. The van der Waals surface area contributed by atoms with Crippen LogP contribution in [0.2, 0.25) is 0 Å². The molecule has 1 aliphatic rings. The smallest absolute Gasteiger partial charge is 0.394 e. The second-order valence-corrected chi connectivity index (χ2v) is 4.57. The van der Waals surface area contributed by atoms with E-state index in [4.69, 9.17) is 5.11 Å². The second-order valence-electron chi connectivity index (χ2n) is 4.57. The molecule has 0 aliphatic heterocycles. The Hall–Kier alpha value is -0.780. The van der Waals surface area contributed by atoms with Crippen molar-refractivity contribution >= 4 is 5.91 Å². The lowest BCUT2D eigenvalue weighted by Gasteiger charge is -2.38. The Morgan fingerprint density at radius 3 is 2.31 bits per heavy atom. The van der Waals surface area contributed by atoms with E-state index in [2.05, 4.69) is 0 Å². The number of alkyl halides is 3. The Morgan fingerprint density at radius 2 is 1.94 bits per heavy atom. The highest BCUT2D eigenvalue weighted by molar-refractivity contribution is 5.82. The van der Waals surface area contributed by atoms with Gasteiger partial charge in [-0.3, -0.25) is 4.79 Å². The van der Waals surface area contributed by atoms with Crippen molar-refractivity contribution < 1.29 is 23.1 Å². The van der Waals surface area contributed by atoms with Crippen molar-refractivity contribution in [2.45, 2.75) is 44.3 Å². The molecule has 1 amide bonds. The van der Waals surface area contributed by atoms with Gasteiger partial charge in [-0.2, -0.15) is 13.2 Å². The number of carbonyl (C=O) groups is 1. The molecule has 94 valence electrons. The number of aliphatic hydroxyl groups excluding tert-OH is 1. The molecule has 1 rings (SSSR count). The van der Waals surface area contributed by atoms with E-state index in [1.165, 1.54) is 0 Å². The molecule has 0 atom stereocenters. The SMILES string of the molecule is CC1CCC(CO)(NC(=O)C(F)(F)F)CC1. The van der Waals surface area contributed by atoms with Gasteiger partial charge in [0.05, 0.1) is 12.1 Å². The lowest BCUT2D eigenvalue weighted by molar-refractivity contribution is -0.176. The minimum absolute atomic E-state index is 0.395. The molecule has 0 aromatic rings. The Kier molecular flexibility index (Phi) is 3.83.